The summed E-state index contributed by atoms with van der Waals surface area (Å²) < 4.78 is 43.0. The van der Waals surface area contributed by atoms with E-state index in [-0.39, 0.29) is 17.0 Å². The van der Waals surface area contributed by atoms with Crippen molar-refractivity contribution in [3.8, 4) is 11.3 Å². The zero-order valence-electron chi connectivity index (χ0n) is 21.3. The van der Waals surface area contributed by atoms with E-state index in [1.807, 2.05) is 48.5 Å². The number of aryl methyl sites for hydroxylation is 1. The molecule has 0 radical (unpaired) electrons. The van der Waals surface area contributed by atoms with E-state index < -0.39 is 17.8 Å². The van der Waals surface area contributed by atoms with Gasteiger partial charge in [-0.15, -0.1) is 0 Å². The maximum atomic E-state index is 14.1. The third-order valence-electron chi connectivity index (χ3n) is 7.30. The highest BCUT2D eigenvalue weighted by Gasteiger charge is 2.36. The van der Waals surface area contributed by atoms with Crippen LogP contribution in [0, 0.1) is 6.92 Å². The molecule has 0 N–H and O–H groups in total. The first kappa shape index (κ1) is 25.1. The lowest BCUT2D eigenvalue weighted by Gasteiger charge is -2.34. The Kier molecular flexibility index (Phi) is 6.31. The lowest BCUT2D eigenvalue weighted by atomic mass is 10.0. The van der Waals surface area contributed by atoms with Gasteiger partial charge in [-0.1, -0.05) is 60.7 Å². The second-order valence-corrected chi connectivity index (χ2v) is 9.88. The van der Waals surface area contributed by atoms with Gasteiger partial charge >= 0.3 is 6.18 Å². The summed E-state index contributed by atoms with van der Waals surface area (Å²) in [5.74, 6) is -0.392. The third-order valence-corrected chi connectivity index (χ3v) is 7.30. The monoisotopic (exact) mass is 529 g/mol. The Balaban J connectivity index is 1.27. The van der Waals surface area contributed by atoms with Crippen LogP contribution >= 0.6 is 0 Å². The van der Waals surface area contributed by atoms with Crippen LogP contribution < -0.4 is 0 Å². The van der Waals surface area contributed by atoms with Crippen LogP contribution in [0.3, 0.4) is 0 Å². The Hall–Kier alpha value is -4.24. The number of hydrogen-bond acceptors (Lipinski definition) is 4. The molecule has 0 bridgehead atoms. The molecule has 1 fully saturated rings. The van der Waals surface area contributed by atoms with Crippen molar-refractivity contribution in [1.29, 1.82) is 0 Å². The van der Waals surface area contributed by atoms with E-state index in [9.17, 15) is 18.0 Å². The van der Waals surface area contributed by atoms with Gasteiger partial charge in [0, 0.05) is 44.4 Å². The molecule has 1 saturated heterocycles. The lowest BCUT2D eigenvalue weighted by Crippen LogP contribution is -2.48. The highest BCUT2D eigenvalue weighted by molar-refractivity contribution is 5.93. The van der Waals surface area contributed by atoms with Gasteiger partial charge in [0.1, 0.15) is 0 Å². The summed E-state index contributed by atoms with van der Waals surface area (Å²) in [6.07, 6.45) is -4.68. The number of nitrogens with zero attached hydrogens (tertiary/aromatic N) is 5. The molecule has 2 aromatic heterocycles. The van der Waals surface area contributed by atoms with E-state index in [1.54, 1.807) is 11.0 Å². The molecule has 0 aliphatic carbocycles. The van der Waals surface area contributed by atoms with Crippen LogP contribution in [0.5, 0.6) is 0 Å². The lowest BCUT2D eigenvalue weighted by molar-refractivity contribution is -0.142. The second-order valence-electron chi connectivity index (χ2n) is 9.88. The van der Waals surface area contributed by atoms with Gasteiger partial charge in [-0.05, 0) is 41.0 Å². The Morgan fingerprint density at radius 1 is 0.872 bits per heavy atom. The van der Waals surface area contributed by atoms with Crippen molar-refractivity contribution in [2.75, 3.05) is 26.2 Å². The topological polar surface area (TPSA) is 53.7 Å². The van der Waals surface area contributed by atoms with Crippen molar-refractivity contribution >= 4 is 22.3 Å². The Morgan fingerprint density at radius 3 is 2.33 bits per heavy atom. The zero-order valence-corrected chi connectivity index (χ0v) is 21.3. The summed E-state index contributed by atoms with van der Waals surface area (Å²) in [6.45, 7) is 5.16. The quantitative estimate of drug-likeness (QED) is 0.294. The van der Waals surface area contributed by atoms with Crippen molar-refractivity contribution in [2.45, 2.75) is 19.6 Å². The third kappa shape index (κ3) is 4.97. The fraction of sp³-hybridized carbons (Fsp3) is 0.233. The highest BCUT2D eigenvalue weighted by atomic mass is 19.4. The molecule has 5 aromatic rings. The summed E-state index contributed by atoms with van der Waals surface area (Å²) >= 11 is 0. The summed E-state index contributed by atoms with van der Waals surface area (Å²) in [7, 11) is 0. The molecular weight excluding hydrogens is 503 g/mol. The molecule has 39 heavy (non-hydrogen) atoms. The summed E-state index contributed by atoms with van der Waals surface area (Å²) in [5, 5.41) is 5.95. The molecule has 6 nitrogen and oxygen atoms in total. The van der Waals surface area contributed by atoms with Crippen molar-refractivity contribution in [3.63, 3.8) is 0 Å². The molecule has 1 aliphatic heterocycles. The minimum absolute atomic E-state index is 0.0190. The average Bonchev–Trinajstić information content (AvgIpc) is 3.37. The van der Waals surface area contributed by atoms with E-state index in [4.69, 9.17) is 0 Å². The van der Waals surface area contributed by atoms with Gasteiger partial charge in [-0.3, -0.25) is 9.69 Å². The van der Waals surface area contributed by atoms with Gasteiger partial charge < -0.3 is 4.90 Å². The maximum Gasteiger partial charge on any atom is 0.433 e. The minimum Gasteiger partial charge on any atom is -0.335 e. The fourth-order valence-electron chi connectivity index (χ4n) is 5.08. The highest BCUT2D eigenvalue weighted by Crippen LogP contribution is 2.33. The van der Waals surface area contributed by atoms with Crippen molar-refractivity contribution < 1.29 is 18.0 Å². The molecule has 9 heteroatoms. The number of carbonyl (C=O) groups excluding carboxylic acids is 1. The SMILES string of the molecule is Cc1ccccc1CN1CCN(C(=O)c2cc3nc(-c4ccc5ccccc5c4)cc(C(F)(F)F)n3n2)CC1. The van der Waals surface area contributed by atoms with Gasteiger partial charge in [0.05, 0.1) is 5.69 Å². The Labute approximate surface area is 223 Å². The van der Waals surface area contributed by atoms with Crippen LogP contribution in [0.2, 0.25) is 0 Å². The Bertz CT molecular complexity index is 1690. The summed E-state index contributed by atoms with van der Waals surface area (Å²) in [4.78, 5) is 21.7. The molecule has 1 aliphatic rings. The smallest absolute Gasteiger partial charge is 0.335 e. The van der Waals surface area contributed by atoms with Crippen molar-refractivity contribution in [2.24, 2.45) is 0 Å². The zero-order chi connectivity index (χ0) is 27.1. The van der Waals surface area contributed by atoms with E-state index >= 15 is 0 Å². The largest absolute Gasteiger partial charge is 0.433 e. The number of halogens is 3. The van der Waals surface area contributed by atoms with Gasteiger partial charge in [0.25, 0.3) is 5.91 Å². The van der Waals surface area contributed by atoms with Crippen molar-refractivity contribution in [3.05, 3.63) is 101 Å². The first-order valence-electron chi connectivity index (χ1n) is 12.8. The second kappa shape index (κ2) is 9.81. The number of amides is 1. The number of carbonyl (C=O) groups is 1. The van der Waals surface area contributed by atoms with Gasteiger partial charge in [0.15, 0.2) is 17.0 Å². The molecule has 3 heterocycles. The molecule has 0 atom stereocenters. The Morgan fingerprint density at radius 2 is 1.59 bits per heavy atom. The number of rotatable bonds is 4. The van der Waals surface area contributed by atoms with Crippen LogP contribution in [0.25, 0.3) is 27.7 Å². The molecule has 0 spiro atoms. The number of benzene rings is 3. The number of piperazine rings is 1. The van der Waals surface area contributed by atoms with E-state index in [2.05, 4.69) is 34.0 Å². The predicted octanol–water partition coefficient (Wildman–Crippen LogP) is 5.83. The molecular formula is C30H26F3N5O. The van der Waals surface area contributed by atoms with Gasteiger partial charge in [0.2, 0.25) is 0 Å². The molecule has 0 saturated carbocycles. The van der Waals surface area contributed by atoms with Crippen LogP contribution in [0.15, 0.2) is 78.9 Å². The summed E-state index contributed by atoms with van der Waals surface area (Å²) in [5.41, 5.74) is 2.15. The van der Waals surface area contributed by atoms with Crippen LogP contribution in [0.4, 0.5) is 13.2 Å². The van der Waals surface area contributed by atoms with E-state index in [1.165, 1.54) is 17.2 Å². The predicted molar refractivity (Wildman–Crippen MR) is 143 cm³/mol. The molecule has 1 amide bonds. The van der Waals surface area contributed by atoms with Crippen molar-refractivity contribution in [1.82, 2.24) is 24.4 Å². The normalized spacial score (nSPS) is 14.8. The summed E-state index contributed by atoms with van der Waals surface area (Å²) in [6, 6.07) is 23.6. The van der Waals surface area contributed by atoms with Gasteiger partial charge in [-0.2, -0.15) is 18.3 Å². The minimum atomic E-state index is -4.68. The van der Waals surface area contributed by atoms with Crippen LogP contribution in [-0.2, 0) is 12.7 Å². The number of aromatic nitrogens is 3. The number of alkyl halides is 3. The molecule has 6 rings (SSSR count). The molecule has 3 aromatic carbocycles. The molecule has 198 valence electrons. The average molecular weight is 530 g/mol. The fourth-order valence-corrected chi connectivity index (χ4v) is 5.08. The van der Waals surface area contributed by atoms with Gasteiger partial charge in [-0.25, -0.2) is 9.50 Å². The molecule has 0 unspecified atom stereocenters. The maximum absolute atomic E-state index is 14.1. The first-order chi connectivity index (χ1) is 18.8. The first-order valence-corrected chi connectivity index (χ1v) is 12.8. The van der Waals surface area contributed by atoms with Crippen LogP contribution in [0.1, 0.15) is 27.3 Å². The van der Waals surface area contributed by atoms with Crippen LogP contribution in [-0.4, -0.2) is 56.5 Å². The van der Waals surface area contributed by atoms with E-state index in [0.29, 0.717) is 31.7 Å². The number of fused-ring (bicyclic) bond motifs is 2. The number of hydrogen-bond donors (Lipinski definition) is 0. The standard InChI is InChI=1S/C30H26F3N5O/c1-20-6-2-3-9-24(20)19-36-12-14-37(15-13-36)29(39)26-18-28-34-25(17-27(30(31,32)33)38(28)35-26)23-11-10-21-7-4-5-8-22(21)16-23/h2-11,16-18H,12-15,19H2,1H3. The van der Waals surface area contributed by atoms with E-state index in [0.717, 1.165) is 27.9 Å².